The fourth-order valence-electron chi connectivity index (χ4n) is 4.25. The third-order valence-corrected chi connectivity index (χ3v) is 7.11. The third-order valence-electron chi connectivity index (χ3n) is 5.93. The summed E-state index contributed by atoms with van der Waals surface area (Å²) in [5, 5.41) is 16.1. The zero-order chi connectivity index (χ0) is 23.8. The minimum atomic E-state index is -3.83. The van der Waals surface area contributed by atoms with Gasteiger partial charge in [-0.2, -0.15) is 0 Å². The smallest absolute Gasteiger partial charge is 0.249 e. The molecule has 1 fully saturated rings. The molecule has 4 rings (SSSR count). The van der Waals surface area contributed by atoms with Gasteiger partial charge in [-0.1, -0.05) is 36.6 Å². The van der Waals surface area contributed by atoms with Crippen LogP contribution in [0.3, 0.4) is 0 Å². The fraction of sp³-hybridized carbons (Fsp3) is 0.304. The summed E-state index contributed by atoms with van der Waals surface area (Å²) in [6.07, 6.45) is 3.13. The van der Waals surface area contributed by atoms with E-state index in [0.29, 0.717) is 45.8 Å². The predicted octanol–water partition coefficient (Wildman–Crippen LogP) is 4.43. The molecule has 0 spiro atoms. The Morgan fingerprint density at radius 3 is 2.30 bits per heavy atom. The Kier molecular flexibility index (Phi) is 6.58. The molecule has 8 nitrogen and oxygen atoms in total. The lowest BCUT2D eigenvalue weighted by Crippen LogP contribution is -2.35. The van der Waals surface area contributed by atoms with Gasteiger partial charge >= 0.3 is 0 Å². The summed E-state index contributed by atoms with van der Waals surface area (Å²) in [5.41, 5.74) is 1.93. The lowest BCUT2D eigenvalue weighted by atomic mass is 9.78. The summed E-state index contributed by atoms with van der Waals surface area (Å²) in [5.74, 6) is -0.245. The summed E-state index contributed by atoms with van der Waals surface area (Å²) in [6, 6.07) is 13.1. The Balaban J connectivity index is 1.82. The molecule has 0 radical (unpaired) electrons. The summed E-state index contributed by atoms with van der Waals surface area (Å²) in [7, 11) is -2.51. The minimum absolute atomic E-state index is 0.0112. The third kappa shape index (κ3) is 4.96. The van der Waals surface area contributed by atoms with Crippen molar-refractivity contribution in [2.75, 3.05) is 7.05 Å². The number of amides is 1. The van der Waals surface area contributed by atoms with E-state index in [1.165, 1.54) is 19.2 Å². The first-order chi connectivity index (χ1) is 15.6. The molecule has 0 aliphatic heterocycles. The molecule has 174 valence electrons. The number of benzene rings is 2. The Bertz CT molecular complexity index is 1250. The Morgan fingerprint density at radius 2 is 1.70 bits per heavy atom. The van der Waals surface area contributed by atoms with Crippen molar-refractivity contribution in [3.63, 3.8) is 0 Å². The maximum Gasteiger partial charge on any atom is 0.249 e. The highest BCUT2D eigenvalue weighted by atomic mass is 35.5. The number of aromatic nitrogens is 1. The summed E-state index contributed by atoms with van der Waals surface area (Å²) < 4.78 is 29.5. The molecule has 0 saturated heterocycles. The molecular formula is C23H24ClN3O5S. The van der Waals surface area contributed by atoms with E-state index in [0.717, 1.165) is 18.4 Å². The van der Waals surface area contributed by atoms with E-state index in [9.17, 15) is 18.4 Å². The van der Waals surface area contributed by atoms with Gasteiger partial charge in [-0.25, -0.2) is 23.6 Å². The van der Waals surface area contributed by atoms with Gasteiger partial charge in [0.2, 0.25) is 15.9 Å². The van der Waals surface area contributed by atoms with Crippen LogP contribution in [-0.4, -0.2) is 36.6 Å². The predicted molar refractivity (Wildman–Crippen MR) is 123 cm³/mol. The van der Waals surface area contributed by atoms with E-state index < -0.39 is 15.9 Å². The zero-order valence-electron chi connectivity index (χ0n) is 17.9. The van der Waals surface area contributed by atoms with Gasteiger partial charge in [-0.15, -0.1) is 0 Å². The van der Waals surface area contributed by atoms with Gasteiger partial charge in [-0.05, 0) is 49.2 Å². The Labute approximate surface area is 197 Å². The van der Waals surface area contributed by atoms with Gasteiger partial charge in [0, 0.05) is 29.1 Å². The standard InChI is InChI=1S/C23H24ClN3O5S/c1-27(29)23(28)19-5-3-2-4-18(19)22-26-20(14-6-10-16(24)11-7-14)21(32-22)15-8-12-17(13-9-15)33(25,30)31/h6-13,18-19,29H,2-5H2,1H3,(H2,25,30,31). The molecule has 3 aromatic rings. The number of oxazole rings is 1. The SMILES string of the molecule is CN(O)C(=O)C1CCCCC1c1nc(-c2ccc(Cl)cc2)c(-c2ccc(S(N)(=O)=O)cc2)o1. The number of hydrogen-bond acceptors (Lipinski definition) is 6. The Hall–Kier alpha value is -2.72. The van der Waals surface area contributed by atoms with Gasteiger partial charge in [-0.3, -0.25) is 10.0 Å². The minimum Gasteiger partial charge on any atom is -0.440 e. The normalized spacial score (nSPS) is 18.8. The van der Waals surface area contributed by atoms with Gasteiger partial charge in [0.15, 0.2) is 11.7 Å². The number of hydrogen-bond donors (Lipinski definition) is 2. The molecule has 1 amide bonds. The Morgan fingerprint density at radius 1 is 1.09 bits per heavy atom. The molecule has 1 aliphatic rings. The van der Waals surface area contributed by atoms with Crippen LogP contribution in [0.5, 0.6) is 0 Å². The second-order valence-corrected chi connectivity index (χ2v) is 10.2. The number of rotatable bonds is 5. The van der Waals surface area contributed by atoms with E-state index in [1.807, 2.05) is 12.1 Å². The number of carbonyl (C=O) groups excluding carboxylic acids is 1. The van der Waals surface area contributed by atoms with E-state index in [1.54, 1.807) is 24.3 Å². The van der Waals surface area contributed by atoms with E-state index in [2.05, 4.69) is 0 Å². The molecule has 0 bridgehead atoms. The van der Waals surface area contributed by atoms with Crippen LogP contribution in [0, 0.1) is 5.92 Å². The highest BCUT2D eigenvalue weighted by Gasteiger charge is 2.37. The van der Waals surface area contributed by atoms with Crippen molar-refractivity contribution in [1.82, 2.24) is 10.0 Å². The van der Waals surface area contributed by atoms with Gasteiger partial charge < -0.3 is 4.42 Å². The molecule has 1 aliphatic carbocycles. The van der Waals surface area contributed by atoms with E-state index in [-0.39, 0.29) is 16.7 Å². The molecule has 2 atom stereocenters. The quantitative estimate of drug-likeness (QED) is 0.403. The molecule has 2 aromatic carbocycles. The highest BCUT2D eigenvalue weighted by molar-refractivity contribution is 7.89. The van der Waals surface area contributed by atoms with Crippen LogP contribution in [0.2, 0.25) is 5.02 Å². The molecule has 33 heavy (non-hydrogen) atoms. The second-order valence-electron chi connectivity index (χ2n) is 8.17. The number of sulfonamides is 1. The monoisotopic (exact) mass is 489 g/mol. The van der Waals surface area contributed by atoms with Gasteiger partial charge in [0.25, 0.3) is 0 Å². The summed E-state index contributed by atoms with van der Waals surface area (Å²) in [4.78, 5) is 17.4. The first kappa shape index (κ1) is 23.4. The van der Waals surface area contributed by atoms with Crippen LogP contribution in [0.1, 0.15) is 37.5 Å². The number of nitrogens with two attached hydrogens (primary N) is 1. The van der Waals surface area contributed by atoms with Crippen LogP contribution >= 0.6 is 11.6 Å². The summed E-state index contributed by atoms with van der Waals surface area (Å²) in [6.45, 7) is 0. The van der Waals surface area contributed by atoms with Gasteiger partial charge in [0.05, 0.1) is 10.8 Å². The average Bonchev–Trinajstić information content (AvgIpc) is 3.24. The van der Waals surface area contributed by atoms with Crippen LogP contribution in [0.25, 0.3) is 22.6 Å². The van der Waals surface area contributed by atoms with Crippen molar-refractivity contribution >= 4 is 27.5 Å². The molecular weight excluding hydrogens is 466 g/mol. The fourth-order valence-corrected chi connectivity index (χ4v) is 4.89. The maximum absolute atomic E-state index is 12.6. The first-order valence-corrected chi connectivity index (χ1v) is 12.4. The second kappa shape index (κ2) is 9.26. The van der Waals surface area contributed by atoms with Crippen LogP contribution < -0.4 is 5.14 Å². The molecule has 2 unspecified atom stereocenters. The molecule has 10 heteroatoms. The van der Waals surface area contributed by atoms with E-state index >= 15 is 0 Å². The number of hydroxylamine groups is 2. The van der Waals surface area contributed by atoms with Crippen molar-refractivity contribution < 1.29 is 22.8 Å². The average molecular weight is 490 g/mol. The largest absolute Gasteiger partial charge is 0.440 e. The molecule has 1 heterocycles. The number of nitrogens with zero attached hydrogens (tertiary/aromatic N) is 2. The van der Waals surface area contributed by atoms with Crippen molar-refractivity contribution in [1.29, 1.82) is 0 Å². The van der Waals surface area contributed by atoms with Crippen molar-refractivity contribution in [3.05, 3.63) is 59.4 Å². The topological polar surface area (TPSA) is 127 Å². The van der Waals surface area contributed by atoms with E-state index in [4.69, 9.17) is 26.1 Å². The van der Waals surface area contributed by atoms with Crippen molar-refractivity contribution in [2.45, 2.75) is 36.5 Å². The van der Waals surface area contributed by atoms with Crippen molar-refractivity contribution in [3.8, 4) is 22.6 Å². The van der Waals surface area contributed by atoms with Gasteiger partial charge in [0.1, 0.15) is 5.69 Å². The van der Waals surface area contributed by atoms with Crippen LogP contribution in [0.15, 0.2) is 57.8 Å². The highest BCUT2D eigenvalue weighted by Crippen LogP contribution is 2.42. The van der Waals surface area contributed by atoms with Crippen LogP contribution in [-0.2, 0) is 14.8 Å². The van der Waals surface area contributed by atoms with Crippen LogP contribution in [0.4, 0.5) is 0 Å². The molecule has 1 aromatic heterocycles. The zero-order valence-corrected chi connectivity index (χ0v) is 19.5. The lowest BCUT2D eigenvalue weighted by Gasteiger charge is -2.29. The summed E-state index contributed by atoms with van der Waals surface area (Å²) >= 11 is 6.05. The maximum atomic E-state index is 12.6. The number of halogens is 1. The molecule has 1 saturated carbocycles. The van der Waals surface area contributed by atoms with Crippen molar-refractivity contribution in [2.24, 2.45) is 11.1 Å². The first-order valence-electron chi connectivity index (χ1n) is 10.5. The number of primary sulfonamides is 1. The number of carbonyl (C=O) groups is 1. The molecule has 3 N–H and O–H groups in total. The lowest BCUT2D eigenvalue weighted by molar-refractivity contribution is -0.166.